The number of nitrogens with zero attached hydrogens (tertiary/aromatic N) is 3. The van der Waals surface area contributed by atoms with Gasteiger partial charge in [0.05, 0.1) is 16.6 Å². The molecule has 2 aromatic carbocycles. The van der Waals surface area contributed by atoms with Crippen LogP contribution in [0.3, 0.4) is 0 Å². The smallest absolute Gasteiger partial charge is 0.233 e. The lowest BCUT2D eigenvalue weighted by atomic mass is 10.1. The number of likely N-dealkylation sites (N-methyl/N-ethyl adjacent to an activating group) is 1. The number of thiazole rings is 1. The summed E-state index contributed by atoms with van der Waals surface area (Å²) in [6.07, 6.45) is 0.269. The number of carbonyl (C=O) groups is 1. The molecule has 1 aliphatic heterocycles. The van der Waals surface area contributed by atoms with Crippen molar-refractivity contribution in [1.29, 1.82) is 0 Å². The minimum atomic E-state index is 0.00572. The third kappa shape index (κ3) is 4.53. The number of hydrogen-bond acceptors (Lipinski definition) is 6. The van der Waals surface area contributed by atoms with Crippen molar-refractivity contribution in [1.82, 2.24) is 9.88 Å². The molecule has 4 rings (SSSR count). The van der Waals surface area contributed by atoms with Gasteiger partial charge in [-0.15, -0.1) is 0 Å². The van der Waals surface area contributed by atoms with Crippen LogP contribution in [0.2, 0.25) is 5.02 Å². The highest BCUT2D eigenvalue weighted by molar-refractivity contribution is 7.22. The summed E-state index contributed by atoms with van der Waals surface area (Å²) in [7, 11) is 0. The molecule has 1 aliphatic rings. The molecule has 3 aromatic rings. The Morgan fingerprint density at radius 1 is 1.10 bits per heavy atom. The van der Waals surface area contributed by atoms with Gasteiger partial charge in [-0.2, -0.15) is 0 Å². The van der Waals surface area contributed by atoms with Crippen molar-refractivity contribution < 1.29 is 14.3 Å². The molecule has 0 saturated heterocycles. The van der Waals surface area contributed by atoms with Gasteiger partial charge in [-0.05, 0) is 49.0 Å². The molecule has 6 nitrogen and oxygen atoms in total. The van der Waals surface area contributed by atoms with E-state index >= 15 is 0 Å². The molecule has 158 valence electrons. The molecule has 2 heterocycles. The number of benzene rings is 2. The van der Waals surface area contributed by atoms with Crippen LogP contribution in [0.25, 0.3) is 10.2 Å². The summed E-state index contributed by atoms with van der Waals surface area (Å²) in [6, 6.07) is 11.2. The van der Waals surface area contributed by atoms with Crippen molar-refractivity contribution in [2.75, 3.05) is 37.9 Å². The van der Waals surface area contributed by atoms with Crippen LogP contribution in [0.4, 0.5) is 5.13 Å². The molecule has 0 aliphatic carbocycles. The molecular formula is C22H24ClN3O3S. The van der Waals surface area contributed by atoms with Crippen LogP contribution in [-0.2, 0) is 11.2 Å². The molecule has 0 saturated carbocycles. The molecule has 30 heavy (non-hydrogen) atoms. The van der Waals surface area contributed by atoms with E-state index in [1.807, 2.05) is 36.4 Å². The van der Waals surface area contributed by atoms with Crippen molar-refractivity contribution in [2.24, 2.45) is 0 Å². The lowest BCUT2D eigenvalue weighted by molar-refractivity contribution is -0.118. The fourth-order valence-corrected chi connectivity index (χ4v) is 4.72. The van der Waals surface area contributed by atoms with Crippen molar-refractivity contribution in [3.8, 4) is 11.5 Å². The van der Waals surface area contributed by atoms with Gasteiger partial charge >= 0.3 is 0 Å². The Morgan fingerprint density at radius 2 is 1.90 bits per heavy atom. The normalized spacial score (nSPS) is 12.7. The highest BCUT2D eigenvalue weighted by Crippen LogP contribution is 2.34. The van der Waals surface area contributed by atoms with Gasteiger partial charge in [-0.1, -0.05) is 42.9 Å². The molecule has 0 atom stereocenters. The van der Waals surface area contributed by atoms with Crippen molar-refractivity contribution >= 4 is 44.2 Å². The molecule has 0 radical (unpaired) electrons. The first-order chi connectivity index (χ1) is 14.6. The average Bonchev–Trinajstić information content (AvgIpc) is 3.37. The Balaban J connectivity index is 1.59. The maximum Gasteiger partial charge on any atom is 0.233 e. The number of ether oxygens (including phenoxy) is 2. The number of amides is 1. The highest BCUT2D eigenvalue weighted by Gasteiger charge is 2.22. The Labute approximate surface area is 185 Å². The molecule has 0 unspecified atom stereocenters. The van der Waals surface area contributed by atoms with Gasteiger partial charge in [0.2, 0.25) is 12.7 Å². The zero-order valence-corrected chi connectivity index (χ0v) is 18.6. The number of carbonyl (C=O) groups excluding carboxylic acids is 1. The molecule has 0 bridgehead atoms. The summed E-state index contributed by atoms with van der Waals surface area (Å²) >= 11 is 7.63. The summed E-state index contributed by atoms with van der Waals surface area (Å²) in [5, 5.41) is 1.37. The van der Waals surface area contributed by atoms with E-state index in [2.05, 4.69) is 18.7 Å². The zero-order valence-electron chi connectivity index (χ0n) is 17.1. The quantitative estimate of drug-likeness (QED) is 0.507. The molecule has 0 spiro atoms. The Morgan fingerprint density at radius 3 is 2.70 bits per heavy atom. The first-order valence-corrected chi connectivity index (χ1v) is 11.2. The van der Waals surface area contributed by atoms with Crippen LogP contribution in [0.1, 0.15) is 19.4 Å². The second kappa shape index (κ2) is 9.20. The van der Waals surface area contributed by atoms with Crippen LogP contribution in [0.5, 0.6) is 11.5 Å². The van der Waals surface area contributed by atoms with Crippen LogP contribution >= 0.6 is 22.9 Å². The molecule has 0 N–H and O–H groups in total. The topological polar surface area (TPSA) is 54.9 Å². The Hall–Kier alpha value is -2.35. The second-order valence-electron chi connectivity index (χ2n) is 7.05. The van der Waals surface area contributed by atoms with E-state index < -0.39 is 0 Å². The SMILES string of the molecule is CCN(CC)CCN(C(=O)Cc1ccc2c(c1)OCO2)c1nc2ccc(Cl)cc2s1. The number of hydrogen-bond donors (Lipinski definition) is 0. The minimum Gasteiger partial charge on any atom is -0.454 e. The van der Waals surface area contributed by atoms with E-state index in [4.69, 9.17) is 26.1 Å². The van der Waals surface area contributed by atoms with E-state index in [-0.39, 0.29) is 19.1 Å². The number of aromatic nitrogens is 1. The summed E-state index contributed by atoms with van der Waals surface area (Å²) in [5.74, 6) is 1.41. The number of rotatable bonds is 8. The summed E-state index contributed by atoms with van der Waals surface area (Å²) in [6.45, 7) is 7.72. The lowest BCUT2D eigenvalue weighted by Gasteiger charge is -2.24. The monoisotopic (exact) mass is 445 g/mol. The van der Waals surface area contributed by atoms with E-state index in [1.165, 1.54) is 11.3 Å². The van der Waals surface area contributed by atoms with Gasteiger partial charge in [-0.3, -0.25) is 9.69 Å². The number of anilines is 1. The molecule has 1 amide bonds. The average molecular weight is 446 g/mol. The van der Waals surface area contributed by atoms with Gasteiger partial charge in [0.15, 0.2) is 16.6 Å². The Bertz CT molecular complexity index is 1050. The molecule has 0 fully saturated rings. The largest absolute Gasteiger partial charge is 0.454 e. The fraction of sp³-hybridized carbons (Fsp3) is 0.364. The zero-order chi connectivity index (χ0) is 21.1. The van der Waals surface area contributed by atoms with Gasteiger partial charge in [0.25, 0.3) is 0 Å². The highest BCUT2D eigenvalue weighted by atomic mass is 35.5. The van der Waals surface area contributed by atoms with Gasteiger partial charge < -0.3 is 14.4 Å². The van der Waals surface area contributed by atoms with Crippen LogP contribution in [0.15, 0.2) is 36.4 Å². The van der Waals surface area contributed by atoms with Crippen LogP contribution in [-0.4, -0.2) is 48.8 Å². The van der Waals surface area contributed by atoms with Crippen molar-refractivity contribution in [3.63, 3.8) is 0 Å². The predicted molar refractivity (Wildman–Crippen MR) is 121 cm³/mol. The molecule has 8 heteroatoms. The van der Waals surface area contributed by atoms with Crippen molar-refractivity contribution in [2.45, 2.75) is 20.3 Å². The van der Waals surface area contributed by atoms with E-state index in [0.717, 1.165) is 35.4 Å². The molecular weight excluding hydrogens is 422 g/mol. The Kier molecular flexibility index (Phi) is 6.41. The second-order valence-corrected chi connectivity index (χ2v) is 8.49. The van der Waals surface area contributed by atoms with Gasteiger partial charge in [-0.25, -0.2) is 4.98 Å². The third-order valence-electron chi connectivity index (χ3n) is 5.20. The first kappa shape index (κ1) is 20.9. The summed E-state index contributed by atoms with van der Waals surface area (Å²) < 4.78 is 11.8. The summed E-state index contributed by atoms with van der Waals surface area (Å²) in [4.78, 5) is 22.1. The third-order valence-corrected chi connectivity index (χ3v) is 6.47. The van der Waals surface area contributed by atoms with Gasteiger partial charge in [0.1, 0.15) is 0 Å². The van der Waals surface area contributed by atoms with E-state index in [0.29, 0.717) is 28.2 Å². The number of halogens is 1. The standard InChI is InChI=1S/C22H24ClN3O3S/c1-3-25(4-2)9-10-26(22-24-17-7-6-16(23)13-20(17)30-22)21(27)12-15-5-8-18-19(11-15)29-14-28-18/h5-8,11,13H,3-4,9-10,12,14H2,1-2H3. The van der Waals surface area contributed by atoms with Crippen molar-refractivity contribution in [3.05, 3.63) is 47.0 Å². The van der Waals surface area contributed by atoms with Crippen LogP contribution < -0.4 is 14.4 Å². The predicted octanol–water partition coefficient (Wildman–Crippen LogP) is 4.60. The maximum atomic E-state index is 13.3. The van der Waals surface area contributed by atoms with E-state index in [9.17, 15) is 4.79 Å². The summed E-state index contributed by atoms with van der Waals surface area (Å²) in [5.41, 5.74) is 1.74. The van der Waals surface area contributed by atoms with Crippen LogP contribution in [0, 0.1) is 0 Å². The van der Waals surface area contributed by atoms with E-state index in [1.54, 1.807) is 4.90 Å². The van der Waals surface area contributed by atoms with Gasteiger partial charge in [0, 0.05) is 18.1 Å². The lowest BCUT2D eigenvalue weighted by Crippen LogP contribution is -2.39. The number of fused-ring (bicyclic) bond motifs is 2. The first-order valence-electron chi connectivity index (χ1n) is 10.0. The maximum absolute atomic E-state index is 13.3. The fourth-order valence-electron chi connectivity index (χ4n) is 3.43. The molecule has 1 aromatic heterocycles. The minimum absolute atomic E-state index is 0.00572.